The molecule has 0 aromatic rings. The van der Waals surface area contributed by atoms with Crippen LogP contribution in [0.5, 0.6) is 0 Å². The lowest BCUT2D eigenvalue weighted by Crippen LogP contribution is -2.33. The van der Waals surface area contributed by atoms with Crippen LogP contribution in [0, 0.1) is 0 Å². The van der Waals surface area contributed by atoms with Gasteiger partial charge in [-0.2, -0.15) is 11.8 Å². The van der Waals surface area contributed by atoms with Gasteiger partial charge in [0.05, 0.1) is 6.61 Å². The van der Waals surface area contributed by atoms with Crippen molar-refractivity contribution in [3.8, 4) is 0 Å². The molecule has 0 saturated carbocycles. The Kier molecular flexibility index (Phi) is 7.05. The average Bonchev–Trinajstić information content (AvgIpc) is 2.01. The summed E-state index contributed by atoms with van der Waals surface area (Å²) in [5, 5.41) is 2.74. The topological polar surface area (TPSA) is 38.3 Å². The predicted octanol–water partition coefficient (Wildman–Crippen LogP) is 1.87. The summed E-state index contributed by atoms with van der Waals surface area (Å²) in [5.74, 6) is 1.06. The largest absolute Gasteiger partial charge is 0.450 e. The fourth-order valence-electron chi connectivity index (χ4n) is 0.741. The molecule has 0 fully saturated rings. The molecule has 0 saturated heterocycles. The third-order valence-electron chi connectivity index (χ3n) is 1.39. The van der Waals surface area contributed by atoms with E-state index in [1.165, 1.54) is 0 Å². The van der Waals surface area contributed by atoms with E-state index in [2.05, 4.69) is 11.6 Å². The quantitative estimate of drug-likeness (QED) is 0.721. The van der Waals surface area contributed by atoms with E-state index in [0.717, 1.165) is 12.2 Å². The number of hydrogen-bond donors (Lipinski definition) is 1. The van der Waals surface area contributed by atoms with Crippen molar-refractivity contribution in [3.63, 3.8) is 0 Å². The molecule has 0 aliphatic carbocycles. The van der Waals surface area contributed by atoms with Gasteiger partial charge in [-0.25, -0.2) is 4.79 Å². The Morgan fingerprint density at radius 2 is 2.33 bits per heavy atom. The average molecular weight is 191 g/mol. The van der Waals surface area contributed by atoms with Gasteiger partial charge in [0.2, 0.25) is 0 Å². The highest BCUT2D eigenvalue weighted by Gasteiger charge is 2.05. The molecular formula is C8H17NO2S. The number of alkyl carbamates (subject to hydrolysis) is 1. The Hall–Kier alpha value is -0.380. The Bertz CT molecular complexity index is 130. The van der Waals surface area contributed by atoms with Crippen LogP contribution in [-0.4, -0.2) is 30.8 Å². The predicted molar refractivity (Wildman–Crippen MR) is 52.6 cm³/mol. The highest BCUT2D eigenvalue weighted by Crippen LogP contribution is 1.99. The van der Waals surface area contributed by atoms with E-state index in [4.69, 9.17) is 4.74 Å². The third-order valence-corrected chi connectivity index (χ3v) is 2.04. The first-order chi connectivity index (χ1) is 5.70. The normalized spacial score (nSPS) is 12.2. The lowest BCUT2D eigenvalue weighted by molar-refractivity contribution is 0.148. The van der Waals surface area contributed by atoms with Crippen LogP contribution in [0.4, 0.5) is 4.79 Å². The van der Waals surface area contributed by atoms with E-state index in [1.807, 2.05) is 6.92 Å². The number of carbonyl (C=O) groups excluding carboxylic acids is 1. The molecule has 0 aliphatic rings. The Morgan fingerprint density at radius 1 is 1.67 bits per heavy atom. The maximum absolute atomic E-state index is 10.9. The van der Waals surface area contributed by atoms with E-state index >= 15 is 0 Å². The first-order valence-corrected chi connectivity index (χ1v) is 5.52. The van der Waals surface area contributed by atoms with Crippen molar-refractivity contribution < 1.29 is 9.53 Å². The van der Waals surface area contributed by atoms with E-state index in [0.29, 0.717) is 6.61 Å². The smallest absolute Gasteiger partial charge is 0.407 e. The molecule has 12 heavy (non-hydrogen) atoms. The first-order valence-electron chi connectivity index (χ1n) is 4.13. The Labute approximate surface area is 78.2 Å². The molecule has 72 valence electrons. The zero-order valence-corrected chi connectivity index (χ0v) is 8.74. The van der Waals surface area contributed by atoms with Gasteiger partial charge in [0.25, 0.3) is 0 Å². The molecule has 0 aliphatic heterocycles. The minimum Gasteiger partial charge on any atom is -0.450 e. The third kappa shape index (κ3) is 6.34. The number of ether oxygens (including phenoxy) is 1. The van der Waals surface area contributed by atoms with Crippen LogP contribution in [0.15, 0.2) is 0 Å². The number of amides is 1. The number of rotatable bonds is 5. The van der Waals surface area contributed by atoms with E-state index in [-0.39, 0.29) is 12.1 Å². The van der Waals surface area contributed by atoms with Crippen LogP contribution >= 0.6 is 11.8 Å². The van der Waals surface area contributed by atoms with Crippen LogP contribution < -0.4 is 5.32 Å². The van der Waals surface area contributed by atoms with Gasteiger partial charge in [-0.1, -0.05) is 0 Å². The number of nitrogens with one attached hydrogen (secondary N) is 1. The molecule has 0 rings (SSSR count). The van der Waals surface area contributed by atoms with Crippen molar-refractivity contribution in [3.05, 3.63) is 0 Å². The zero-order valence-electron chi connectivity index (χ0n) is 7.92. The van der Waals surface area contributed by atoms with Gasteiger partial charge in [0.1, 0.15) is 0 Å². The first kappa shape index (κ1) is 11.6. The van der Waals surface area contributed by atoms with E-state index in [1.54, 1.807) is 18.7 Å². The van der Waals surface area contributed by atoms with E-state index in [9.17, 15) is 4.79 Å². The lowest BCUT2D eigenvalue weighted by atomic mass is 10.3. The van der Waals surface area contributed by atoms with Crippen molar-refractivity contribution in [2.45, 2.75) is 26.3 Å². The van der Waals surface area contributed by atoms with Crippen molar-refractivity contribution in [2.75, 3.05) is 18.6 Å². The second kappa shape index (κ2) is 7.28. The standard InChI is InChI=1S/C8H17NO2S/c1-4-11-8(10)9-7(2)5-6-12-3/h7H,4-6H2,1-3H3,(H,9,10). The molecule has 1 N–H and O–H groups in total. The maximum Gasteiger partial charge on any atom is 0.407 e. The summed E-state index contributed by atoms with van der Waals surface area (Å²) < 4.78 is 4.74. The fraction of sp³-hybridized carbons (Fsp3) is 0.875. The van der Waals surface area contributed by atoms with Crippen molar-refractivity contribution in [1.82, 2.24) is 5.32 Å². The monoisotopic (exact) mass is 191 g/mol. The molecule has 0 aromatic heterocycles. The van der Waals surface area contributed by atoms with Crippen molar-refractivity contribution >= 4 is 17.9 Å². The molecule has 1 amide bonds. The minimum absolute atomic E-state index is 0.205. The lowest BCUT2D eigenvalue weighted by Gasteiger charge is -2.12. The van der Waals surface area contributed by atoms with Gasteiger partial charge < -0.3 is 10.1 Å². The summed E-state index contributed by atoms with van der Waals surface area (Å²) in [7, 11) is 0. The molecular weight excluding hydrogens is 174 g/mol. The summed E-state index contributed by atoms with van der Waals surface area (Å²) in [6, 6.07) is 0.205. The second-order valence-corrected chi connectivity index (χ2v) is 3.53. The fourth-order valence-corrected chi connectivity index (χ4v) is 1.33. The van der Waals surface area contributed by atoms with Gasteiger partial charge in [-0.3, -0.25) is 0 Å². The molecule has 4 heteroatoms. The molecule has 0 radical (unpaired) electrons. The number of carbonyl (C=O) groups is 1. The molecule has 1 unspecified atom stereocenters. The number of hydrogen-bond acceptors (Lipinski definition) is 3. The Balaban J connectivity index is 3.40. The van der Waals surface area contributed by atoms with Gasteiger partial charge in [-0.15, -0.1) is 0 Å². The highest BCUT2D eigenvalue weighted by molar-refractivity contribution is 7.98. The second-order valence-electron chi connectivity index (χ2n) is 2.55. The van der Waals surface area contributed by atoms with Crippen LogP contribution in [0.25, 0.3) is 0 Å². The van der Waals surface area contributed by atoms with Gasteiger partial charge in [0.15, 0.2) is 0 Å². The van der Waals surface area contributed by atoms with Crippen LogP contribution in [0.1, 0.15) is 20.3 Å². The summed E-state index contributed by atoms with van der Waals surface area (Å²) in [5.41, 5.74) is 0. The maximum atomic E-state index is 10.9. The van der Waals surface area contributed by atoms with Gasteiger partial charge in [-0.05, 0) is 32.3 Å². The van der Waals surface area contributed by atoms with Crippen LogP contribution in [-0.2, 0) is 4.74 Å². The van der Waals surface area contributed by atoms with Gasteiger partial charge in [0, 0.05) is 6.04 Å². The molecule has 0 heterocycles. The van der Waals surface area contributed by atoms with Crippen molar-refractivity contribution in [1.29, 1.82) is 0 Å². The summed E-state index contributed by atoms with van der Waals surface area (Å²) >= 11 is 1.78. The summed E-state index contributed by atoms with van der Waals surface area (Å²) in [6.07, 6.45) is 2.72. The molecule has 0 bridgehead atoms. The van der Waals surface area contributed by atoms with Crippen LogP contribution in [0.3, 0.4) is 0 Å². The number of thioether (sulfide) groups is 1. The molecule has 0 aromatic carbocycles. The van der Waals surface area contributed by atoms with Crippen molar-refractivity contribution in [2.24, 2.45) is 0 Å². The Morgan fingerprint density at radius 3 is 2.83 bits per heavy atom. The van der Waals surface area contributed by atoms with Crippen LogP contribution in [0.2, 0.25) is 0 Å². The van der Waals surface area contributed by atoms with Gasteiger partial charge >= 0.3 is 6.09 Å². The molecule has 0 spiro atoms. The SMILES string of the molecule is CCOC(=O)NC(C)CCSC. The minimum atomic E-state index is -0.314. The summed E-state index contributed by atoms with van der Waals surface area (Å²) in [4.78, 5) is 10.9. The highest BCUT2D eigenvalue weighted by atomic mass is 32.2. The molecule has 1 atom stereocenters. The zero-order chi connectivity index (χ0) is 9.40. The molecule has 3 nitrogen and oxygen atoms in total. The summed E-state index contributed by atoms with van der Waals surface area (Å²) in [6.45, 7) is 4.21. The van der Waals surface area contributed by atoms with E-state index < -0.39 is 0 Å².